The van der Waals surface area contributed by atoms with Crippen molar-refractivity contribution in [2.24, 2.45) is 0 Å². The standard InChI is InChI=1S/C36H21NS2/c1-5-13-31-24(9-1)25-10-2-6-14-32(25)37(31)23-20-28(36-30(21-23)27-12-4-8-16-34(27)39-36)22-17-18-35-29(19-22)26-11-3-7-15-33(26)38-35/h1-21H. The van der Waals surface area contributed by atoms with E-state index in [4.69, 9.17) is 0 Å². The van der Waals surface area contributed by atoms with Crippen molar-refractivity contribution in [3.05, 3.63) is 127 Å². The average Bonchev–Trinajstić information content (AvgIpc) is 3.66. The Hall–Kier alpha value is -4.44. The van der Waals surface area contributed by atoms with E-state index >= 15 is 0 Å². The average molecular weight is 532 g/mol. The van der Waals surface area contributed by atoms with Gasteiger partial charge in [-0.05, 0) is 54.1 Å². The molecule has 0 aliphatic rings. The lowest BCUT2D eigenvalue weighted by Crippen LogP contribution is -1.94. The third kappa shape index (κ3) is 3.06. The minimum Gasteiger partial charge on any atom is -0.309 e. The normalized spacial score (nSPS) is 12.1. The van der Waals surface area contributed by atoms with Gasteiger partial charge in [-0.1, -0.05) is 78.9 Å². The molecule has 0 saturated heterocycles. The predicted molar refractivity (Wildman–Crippen MR) is 172 cm³/mol. The summed E-state index contributed by atoms with van der Waals surface area (Å²) < 4.78 is 7.80. The first kappa shape index (κ1) is 21.5. The third-order valence-electron chi connectivity index (χ3n) is 7.99. The summed E-state index contributed by atoms with van der Waals surface area (Å²) in [6.07, 6.45) is 0. The lowest BCUT2D eigenvalue weighted by molar-refractivity contribution is 1.19. The van der Waals surface area contributed by atoms with Crippen LogP contribution in [0.2, 0.25) is 0 Å². The first-order valence-electron chi connectivity index (χ1n) is 13.2. The number of para-hydroxylation sites is 2. The highest BCUT2D eigenvalue weighted by atomic mass is 32.1. The Bertz CT molecular complexity index is 2350. The molecule has 0 unspecified atom stereocenters. The lowest BCUT2D eigenvalue weighted by atomic mass is 9.99. The van der Waals surface area contributed by atoms with Crippen LogP contribution in [0.4, 0.5) is 0 Å². The Kier molecular flexibility index (Phi) is 4.43. The van der Waals surface area contributed by atoms with Crippen molar-refractivity contribution in [3.8, 4) is 16.8 Å². The Balaban J connectivity index is 1.42. The molecule has 0 fully saturated rings. The molecule has 0 aliphatic heterocycles. The SMILES string of the molecule is c1ccc2c(c1)sc1ccc(-c3cc(-n4c5ccccc5c5ccccc54)cc4c3sc3ccccc34)cc12. The van der Waals surface area contributed by atoms with Crippen LogP contribution in [-0.2, 0) is 0 Å². The van der Waals surface area contributed by atoms with Crippen LogP contribution in [0.5, 0.6) is 0 Å². The van der Waals surface area contributed by atoms with Crippen molar-refractivity contribution in [1.29, 1.82) is 0 Å². The van der Waals surface area contributed by atoms with Crippen molar-refractivity contribution >= 4 is 84.8 Å². The second-order valence-electron chi connectivity index (χ2n) is 10.1. The molecule has 9 aromatic rings. The molecule has 6 aromatic carbocycles. The highest BCUT2D eigenvalue weighted by Crippen LogP contribution is 2.44. The smallest absolute Gasteiger partial charge is 0.0541 e. The van der Waals surface area contributed by atoms with E-state index in [9.17, 15) is 0 Å². The summed E-state index contributed by atoms with van der Waals surface area (Å²) in [5.74, 6) is 0. The quantitative estimate of drug-likeness (QED) is 0.209. The van der Waals surface area contributed by atoms with Crippen LogP contribution >= 0.6 is 22.7 Å². The maximum atomic E-state index is 2.44. The van der Waals surface area contributed by atoms with E-state index < -0.39 is 0 Å². The van der Waals surface area contributed by atoms with Gasteiger partial charge in [0.15, 0.2) is 0 Å². The number of hydrogen-bond acceptors (Lipinski definition) is 2. The van der Waals surface area contributed by atoms with E-state index in [2.05, 4.69) is 132 Å². The Labute approximate surface area is 232 Å². The van der Waals surface area contributed by atoms with Gasteiger partial charge in [0, 0.05) is 62.4 Å². The maximum Gasteiger partial charge on any atom is 0.0541 e. The van der Waals surface area contributed by atoms with E-state index in [1.807, 2.05) is 22.7 Å². The van der Waals surface area contributed by atoms with Gasteiger partial charge < -0.3 is 4.57 Å². The van der Waals surface area contributed by atoms with Gasteiger partial charge in [0.1, 0.15) is 0 Å². The number of fused-ring (bicyclic) bond motifs is 9. The molecule has 0 atom stereocenters. The molecule has 182 valence electrons. The molecule has 0 saturated carbocycles. The van der Waals surface area contributed by atoms with Crippen LogP contribution in [-0.4, -0.2) is 4.57 Å². The predicted octanol–water partition coefficient (Wildman–Crippen LogP) is 11.2. The molecule has 0 aliphatic carbocycles. The van der Waals surface area contributed by atoms with Crippen molar-refractivity contribution in [3.63, 3.8) is 0 Å². The van der Waals surface area contributed by atoms with Gasteiger partial charge in [-0.2, -0.15) is 0 Å². The minimum atomic E-state index is 1.20. The van der Waals surface area contributed by atoms with Crippen LogP contribution in [0.25, 0.3) is 79.0 Å². The topological polar surface area (TPSA) is 4.93 Å². The van der Waals surface area contributed by atoms with Crippen molar-refractivity contribution in [2.45, 2.75) is 0 Å². The summed E-state index contributed by atoms with van der Waals surface area (Å²) in [5, 5.41) is 7.89. The Morgan fingerprint density at radius 2 is 0.974 bits per heavy atom. The number of rotatable bonds is 2. The molecule has 1 nitrogen and oxygen atoms in total. The fourth-order valence-corrected chi connectivity index (χ4v) is 8.56. The first-order chi connectivity index (χ1) is 19.3. The van der Waals surface area contributed by atoms with Crippen LogP contribution in [0.15, 0.2) is 127 Å². The number of thiophene rings is 2. The van der Waals surface area contributed by atoms with E-state index in [1.165, 1.54) is 79.0 Å². The van der Waals surface area contributed by atoms with Crippen molar-refractivity contribution in [1.82, 2.24) is 4.57 Å². The van der Waals surface area contributed by atoms with Gasteiger partial charge in [-0.3, -0.25) is 0 Å². The maximum absolute atomic E-state index is 2.44. The lowest BCUT2D eigenvalue weighted by Gasteiger charge is -2.12. The summed E-state index contributed by atoms with van der Waals surface area (Å²) in [7, 11) is 0. The number of nitrogens with zero attached hydrogens (tertiary/aromatic N) is 1. The zero-order chi connectivity index (χ0) is 25.5. The molecular weight excluding hydrogens is 511 g/mol. The summed E-state index contributed by atoms with van der Waals surface area (Å²) in [6, 6.07) is 47.0. The third-order valence-corrected chi connectivity index (χ3v) is 10.4. The van der Waals surface area contributed by atoms with Crippen LogP contribution in [0.3, 0.4) is 0 Å². The van der Waals surface area contributed by atoms with E-state index in [-0.39, 0.29) is 0 Å². The molecule has 0 N–H and O–H groups in total. The minimum absolute atomic E-state index is 1.20. The second-order valence-corrected chi connectivity index (χ2v) is 12.3. The highest BCUT2D eigenvalue weighted by molar-refractivity contribution is 7.26. The van der Waals surface area contributed by atoms with Crippen LogP contribution in [0, 0.1) is 0 Å². The molecule has 0 bridgehead atoms. The molecule has 9 rings (SSSR count). The van der Waals surface area contributed by atoms with E-state index in [0.717, 1.165) is 0 Å². The Morgan fingerprint density at radius 3 is 1.69 bits per heavy atom. The highest BCUT2D eigenvalue weighted by Gasteiger charge is 2.17. The molecule has 3 heterocycles. The Morgan fingerprint density at radius 1 is 0.410 bits per heavy atom. The van der Waals surface area contributed by atoms with Crippen molar-refractivity contribution in [2.75, 3.05) is 0 Å². The number of aromatic nitrogens is 1. The molecule has 39 heavy (non-hydrogen) atoms. The van der Waals surface area contributed by atoms with Crippen molar-refractivity contribution < 1.29 is 0 Å². The second kappa shape index (κ2) is 8.03. The zero-order valence-corrected chi connectivity index (χ0v) is 22.5. The first-order valence-corrected chi connectivity index (χ1v) is 14.8. The molecule has 0 radical (unpaired) electrons. The number of hydrogen-bond donors (Lipinski definition) is 0. The fourth-order valence-electron chi connectivity index (χ4n) is 6.25. The molecule has 3 aromatic heterocycles. The molecule has 0 spiro atoms. The summed E-state index contributed by atoms with van der Waals surface area (Å²) >= 11 is 3.78. The summed E-state index contributed by atoms with van der Waals surface area (Å²) in [5.41, 5.74) is 6.24. The largest absolute Gasteiger partial charge is 0.309 e. The van der Waals surface area contributed by atoms with E-state index in [0.29, 0.717) is 0 Å². The van der Waals surface area contributed by atoms with Crippen LogP contribution < -0.4 is 0 Å². The van der Waals surface area contributed by atoms with Gasteiger partial charge in [0.05, 0.1) is 11.0 Å². The molecule has 3 heteroatoms. The summed E-state index contributed by atoms with van der Waals surface area (Å²) in [4.78, 5) is 0. The molecule has 0 amide bonds. The number of benzene rings is 6. The monoisotopic (exact) mass is 531 g/mol. The van der Waals surface area contributed by atoms with Gasteiger partial charge >= 0.3 is 0 Å². The van der Waals surface area contributed by atoms with Gasteiger partial charge in [0.25, 0.3) is 0 Å². The molecular formula is C36H21NS2. The van der Waals surface area contributed by atoms with Gasteiger partial charge in [-0.25, -0.2) is 0 Å². The van der Waals surface area contributed by atoms with Gasteiger partial charge in [0.2, 0.25) is 0 Å². The summed E-state index contributed by atoms with van der Waals surface area (Å²) in [6.45, 7) is 0. The van der Waals surface area contributed by atoms with Crippen LogP contribution in [0.1, 0.15) is 0 Å². The fraction of sp³-hybridized carbons (Fsp3) is 0. The zero-order valence-electron chi connectivity index (χ0n) is 20.9. The van der Waals surface area contributed by atoms with E-state index in [1.54, 1.807) is 0 Å². The van der Waals surface area contributed by atoms with Gasteiger partial charge in [-0.15, -0.1) is 22.7 Å².